The highest BCUT2D eigenvalue weighted by Crippen LogP contribution is 2.01. The first-order valence-corrected chi connectivity index (χ1v) is 5.26. The van der Waals surface area contributed by atoms with Gasteiger partial charge in [-0.25, -0.2) is 4.79 Å². The molecule has 0 unspecified atom stereocenters. The van der Waals surface area contributed by atoms with Crippen molar-refractivity contribution in [3.63, 3.8) is 0 Å². The molecule has 3 heteroatoms. The second-order valence-electron chi connectivity index (χ2n) is 3.52. The molecular weight excluding hydrogens is 202 g/mol. The number of carbonyl (C=O) groups is 1. The molecule has 0 aliphatic heterocycles. The second-order valence-corrected chi connectivity index (χ2v) is 3.52. The van der Waals surface area contributed by atoms with E-state index in [0.29, 0.717) is 6.54 Å². The normalized spacial score (nSPS) is 9.56. The molecule has 0 N–H and O–H groups in total. The van der Waals surface area contributed by atoms with Crippen LogP contribution in [0, 0.1) is 0 Å². The van der Waals surface area contributed by atoms with E-state index >= 15 is 0 Å². The van der Waals surface area contributed by atoms with Crippen molar-refractivity contribution in [1.82, 2.24) is 4.90 Å². The van der Waals surface area contributed by atoms with E-state index in [0.717, 1.165) is 6.42 Å². The van der Waals surface area contributed by atoms with Gasteiger partial charge in [0.1, 0.15) is 6.61 Å². The lowest BCUT2D eigenvalue weighted by atomic mass is 10.1. The minimum Gasteiger partial charge on any atom is -0.445 e. The average molecular weight is 219 g/mol. The molecule has 1 aromatic rings. The molecule has 0 aromatic heterocycles. The molecule has 3 nitrogen and oxygen atoms in total. The van der Waals surface area contributed by atoms with Gasteiger partial charge in [0.2, 0.25) is 0 Å². The van der Waals surface area contributed by atoms with E-state index in [1.165, 1.54) is 5.56 Å². The maximum Gasteiger partial charge on any atom is 0.409 e. The van der Waals surface area contributed by atoms with E-state index in [2.05, 4.69) is 6.58 Å². The zero-order chi connectivity index (χ0) is 11.8. The summed E-state index contributed by atoms with van der Waals surface area (Å²) < 4.78 is 4.91. The molecular formula is C13H17NO2. The minimum atomic E-state index is -0.309. The Kier molecular flexibility index (Phi) is 5.12. The molecule has 0 bridgehead atoms. The molecule has 86 valence electrons. The van der Waals surface area contributed by atoms with Crippen molar-refractivity contribution >= 4 is 6.09 Å². The quantitative estimate of drug-likeness (QED) is 0.712. The number of nitrogens with zero attached hydrogens (tertiary/aromatic N) is 1. The number of hydrogen-bond donors (Lipinski definition) is 0. The molecule has 1 amide bonds. The van der Waals surface area contributed by atoms with Crippen LogP contribution in [0.1, 0.15) is 5.56 Å². The van der Waals surface area contributed by atoms with Crippen molar-refractivity contribution < 1.29 is 9.53 Å². The van der Waals surface area contributed by atoms with Crippen LogP contribution in [0.3, 0.4) is 0 Å². The Morgan fingerprint density at radius 1 is 1.44 bits per heavy atom. The van der Waals surface area contributed by atoms with Gasteiger partial charge < -0.3 is 9.64 Å². The maximum atomic E-state index is 11.4. The smallest absolute Gasteiger partial charge is 0.409 e. The van der Waals surface area contributed by atoms with Gasteiger partial charge in [0.25, 0.3) is 0 Å². The van der Waals surface area contributed by atoms with Gasteiger partial charge in [0.05, 0.1) is 0 Å². The molecule has 0 saturated heterocycles. The predicted molar refractivity (Wildman–Crippen MR) is 64.3 cm³/mol. The first-order valence-electron chi connectivity index (χ1n) is 5.26. The van der Waals surface area contributed by atoms with Crippen LogP contribution in [0.25, 0.3) is 0 Å². The van der Waals surface area contributed by atoms with Crippen molar-refractivity contribution in [3.05, 3.63) is 48.6 Å². The van der Waals surface area contributed by atoms with Gasteiger partial charge in [-0.2, -0.15) is 0 Å². The van der Waals surface area contributed by atoms with Crippen molar-refractivity contribution in [1.29, 1.82) is 0 Å². The summed E-state index contributed by atoms with van der Waals surface area (Å²) in [6, 6.07) is 10.0. The van der Waals surface area contributed by atoms with Crippen LogP contribution in [0.5, 0.6) is 0 Å². The van der Waals surface area contributed by atoms with Crippen LogP contribution in [-0.2, 0) is 11.2 Å². The molecule has 0 aliphatic carbocycles. The Hall–Kier alpha value is -1.77. The third-order valence-corrected chi connectivity index (χ3v) is 2.22. The van der Waals surface area contributed by atoms with E-state index in [9.17, 15) is 4.79 Å². The molecule has 0 radical (unpaired) electrons. The van der Waals surface area contributed by atoms with Crippen LogP contribution >= 0.6 is 0 Å². The summed E-state index contributed by atoms with van der Waals surface area (Å²) in [5, 5.41) is 0. The fourth-order valence-electron chi connectivity index (χ4n) is 1.27. The molecule has 0 saturated carbocycles. The Balaban J connectivity index is 2.32. The number of rotatable bonds is 5. The third-order valence-electron chi connectivity index (χ3n) is 2.22. The zero-order valence-corrected chi connectivity index (χ0v) is 9.56. The van der Waals surface area contributed by atoms with Crippen LogP contribution in [0.2, 0.25) is 0 Å². The van der Waals surface area contributed by atoms with Gasteiger partial charge >= 0.3 is 6.09 Å². The molecule has 1 aromatic carbocycles. The van der Waals surface area contributed by atoms with Gasteiger partial charge in [-0.3, -0.25) is 0 Å². The Bertz CT molecular complexity index is 335. The van der Waals surface area contributed by atoms with Crippen molar-refractivity contribution in [2.45, 2.75) is 6.42 Å². The van der Waals surface area contributed by atoms with Crippen molar-refractivity contribution in [2.75, 3.05) is 20.2 Å². The number of likely N-dealkylation sites (N-methyl/N-ethyl adjacent to an activating group) is 1. The number of ether oxygens (including phenoxy) is 1. The number of hydrogen-bond acceptors (Lipinski definition) is 2. The third kappa shape index (κ3) is 4.17. The molecule has 0 atom stereocenters. The van der Waals surface area contributed by atoms with Crippen LogP contribution < -0.4 is 0 Å². The van der Waals surface area contributed by atoms with Gasteiger partial charge in [-0.1, -0.05) is 43.0 Å². The summed E-state index contributed by atoms with van der Waals surface area (Å²) >= 11 is 0. The fourth-order valence-corrected chi connectivity index (χ4v) is 1.27. The van der Waals surface area contributed by atoms with Crippen molar-refractivity contribution in [2.24, 2.45) is 0 Å². The molecule has 16 heavy (non-hydrogen) atoms. The summed E-state index contributed by atoms with van der Waals surface area (Å²) in [6.45, 7) is 4.40. The second kappa shape index (κ2) is 6.67. The molecule has 1 rings (SSSR count). The highest BCUT2D eigenvalue weighted by atomic mass is 16.6. The zero-order valence-electron chi connectivity index (χ0n) is 9.56. The Morgan fingerprint density at radius 3 is 2.75 bits per heavy atom. The predicted octanol–water partition coefficient (Wildman–Crippen LogP) is 2.48. The number of amides is 1. The van der Waals surface area contributed by atoms with Crippen LogP contribution in [0.4, 0.5) is 4.79 Å². The summed E-state index contributed by atoms with van der Waals surface area (Å²) in [7, 11) is 1.73. The number of benzene rings is 1. The lowest BCUT2D eigenvalue weighted by molar-refractivity contribution is 0.122. The highest BCUT2D eigenvalue weighted by molar-refractivity contribution is 5.67. The lowest BCUT2D eigenvalue weighted by Crippen LogP contribution is -2.29. The standard InChI is InChI=1S/C13H17NO2/c1-3-11-16-13(15)14(2)10-9-12-7-5-4-6-8-12/h3-8H,1,9-11H2,2H3. The van der Waals surface area contributed by atoms with E-state index in [1.54, 1.807) is 18.0 Å². The van der Waals surface area contributed by atoms with Gasteiger partial charge in [-0.05, 0) is 12.0 Å². The molecule has 0 aliphatic rings. The lowest BCUT2D eigenvalue weighted by Gasteiger charge is -2.16. The van der Waals surface area contributed by atoms with Crippen molar-refractivity contribution in [3.8, 4) is 0 Å². The summed E-state index contributed by atoms with van der Waals surface area (Å²) in [6.07, 6.45) is 2.08. The average Bonchev–Trinajstić information content (AvgIpc) is 2.34. The van der Waals surface area contributed by atoms with Crippen LogP contribution in [-0.4, -0.2) is 31.2 Å². The van der Waals surface area contributed by atoms with E-state index < -0.39 is 0 Å². The minimum absolute atomic E-state index is 0.258. The summed E-state index contributed by atoms with van der Waals surface area (Å²) in [5.41, 5.74) is 1.21. The molecule has 0 fully saturated rings. The molecule has 0 heterocycles. The maximum absolute atomic E-state index is 11.4. The van der Waals surface area contributed by atoms with E-state index in [-0.39, 0.29) is 12.7 Å². The largest absolute Gasteiger partial charge is 0.445 e. The van der Waals surface area contributed by atoms with Gasteiger partial charge in [0.15, 0.2) is 0 Å². The topological polar surface area (TPSA) is 29.5 Å². The van der Waals surface area contributed by atoms with Gasteiger partial charge in [-0.15, -0.1) is 0 Å². The van der Waals surface area contributed by atoms with E-state index in [4.69, 9.17) is 4.74 Å². The fraction of sp³-hybridized carbons (Fsp3) is 0.308. The summed E-state index contributed by atoms with van der Waals surface area (Å²) in [5.74, 6) is 0. The highest BCUT2D eigenvalue weighted by Gasteiger charge is 2.08. The summed E-state index contributed by atoms with van der Waals surface area (Å²) in [4.78, 5) is 12.9. The van der Waals surface area contributed by atoms with Crippen LogP contribution in [0.15, 0.2) is 43.0 Å². The number of carbonyl (C=O) groups excluding carboxylic acids is 1. The van der Waals surface area contributed by atoms with Gasteiger partial charge in [0, 0.05) is 13.6 Å². The Labute approximate surface area is 96.3 Å². The first kappa shape index (κ1) is 12.3. The first-order chi connectivity index (χ1) is 7.74. The Morgan fingerprint density at radius 2 is 2.12 bits per heavy atom. The molecule has 0 spiro atoms. The SMILES string of the molecule is C=CCOC(=O)N(C)CCc1ccccc1. The monoisotopic (exact) mass is 219 g/mol. The van der Waals surface area contributed by atoms with E-state index in [1.807, 2.05) is 30.3 Å².